The molecule has 0 radical (unpaired) electrons. The van der Waals surface area contributed by atoms with Crippen molar-refractivity contribution in [3.8, 4) is 5.75 Å². The number of rotatable bonds is 8. The minimum Gasteiger partial charge on any atom is -0.489 e. The molecule has 2 atom stereocenters. The van der Waals surface area contributed by atoms with Crippen LogP contribution in [0.25, 0.3) is 0 Å². The number of benzene rings is 2. The van der Waals surface area contributed by atoms with Gasteiger partial charge < -0.3 is 14.8 Å². The summed E-state index contributed by atoms with van der Waals surface area (Å²) in [5.41, 5.74) is 2.48. The van der Waals surface area contributed by atoms with E-state index >= 15 is 0 Å². The van der Waals surface area contributed by atoms with Crippen LogP contribution in [-0.2, 0) is 11.3 Å². The topological polar surface area (TPSA) is 30.5 Å². The lowest BCUT2D eigenvalue weighted by Crippen LogP contribution is -2.29. The molecule has 2 aromatic rings. The molecule has 128 valence electrons. The van der Waals surface area contributed by atoms with E-state index in [0.717, 1.165) is 38.3 Å². The molecule has 2 aromatic carbocycles. The second-order valence-electron chi connectivity index (χ2n) is 6.40. The fourth-order valence-corrected chi connectivity index (χ4v) is 3.21. The molecule has 3 heteroatoms. The van der Waals surface area contributed by atoms with E-state index in [0.29, 0.717) is 18.6 Å². The van der Waals surface area contributed by atoms with Crippen molar-refractivity contribution in [3.63, 3.8) is 0 Å². The third kappa shape index (κ3) is 4.59. The van der Waals surface area contributed by atoms with Crippen LogP contribution in [0.1, 0.15) is 36.9 Å². The fraction of sp³-hybridized carbons (Fsp3) is 0.429. The Bertz CT molecular complexity index is 608. The van der Waals surface area contributed by atoms with E-state index in [1.165, 1.54) is 11.1 Å². The molecule has 3 rings (SSSR count). The highest BCUT2D eigenvalue weighted by Gasteiger charge is 2.26. The minimum absolute atomic E-state index is 0.340. The molecule has 0 spiro atoms. The van der Waals surface area contributed by atoms with Crippen molar-refractivity contribution in [1.29, 1.82) is 0 Å². The van der Waals surface area contributed by atoms with Crippen LogP contribution in [0.15, 0.2) is 54.6 Å². The Balaban J connectivity index is 1.69. The van der Waals surface area contributed by atoms with Gasteiger partial charge in [0, 0.05) is 18.6 Å². The monoisotopic (exact) mass is 325 g/mol. The van der Waals surface area contributed by atoms with Crippen LogP contribution in [0.4, 0.5) is 0 Å². The van der Waals surface area contributed by atoms with E-state index in [2.05, 4.69) is 42.6 Å². The summed E-state index contributed by atoms with van der Waals surface area (Å²) in [5.74, 6) is 1.47. The van der Waals surface area contributed by atoms with Crippen molar-refractivity contribution >= 4 is 0 Å². The highest BCUT2D eigenvalue weighted by atomic mass is 16.5. The molecule has 0 aromatic heterocycles. The molecule has 3 nitrogen and oxygen atoms in total. The summed E-state index contributed by atoms with van der Waals surface area (Å²) in [4.78, 5) is 0. The summed E-state index contributed by atoms with van der Waals surface area (Å²) in [6, 6.07) is 19.1. The maximum atomic E-state index is 5.99. The van der Waals surface area contributed by atoms with Gasteiger partial charge in [0.1, 0.15) is 12.4 Å². The lowest BCUT2D eigenvalue weighted by Gasteiger charge is -2.24. The van der Waals surface area contributed by atoms with Gasteiger partial charge in [-0.3, -0.25) is 0 Å². The van der Waals surface area contributed by atoms with Gasteiger partial charge in [0.05, 0.1) is 6.61 Å². The minimum atomic E-state index is 0.340. The van der Waals surface area contributed by atoms with Crippen molar-refractivity contribution in [2.45, 2.75) is 32.4 Å². The average Bonchev–Trinajstić information content (AvgIpc) is 3.16. The molecule has 0 aliphatic carbocycles. The second kappa shape index (κ2) is 8.86. The van der Waals surface area contributed by atoms with Crippen molar-refractivity contribution in [2.75, 3.05) is 19.8 Å². The molecule has 24 heavy (non-hydrogen) atoms. The zero-order chi connectivity index (χ0) is 16.6. The van der Waals surface area contributed by atoms with E-state index in [-0.39, 0.29) is 0 Å². The van der Waals surface area contributed by atoms with Gasteiger partial charge in [-0.05, 0) is 42.6 Å². The van der Waals surface area contributed by atoms with Crippen LogP contribution in [0.5, 0.6) is 5.75 Å². The van der Waals surface area contributed by atoms with Crippen molar-refractivity contribution in [3.05, 3.63) is 65.7 Å². The summed E-state index contributed by atoms with van der Waals surface area (Å²) in [7, 11) is 0. The zero-order valence-corrected chi connectivity index (χ0v) is 14.4. The number of hydrogen-bond donors (Lipinski definition) is 1. The molecule has 2 unspecified atom stereocenters. The Labute approximate surface area is 145 Å². The summed E-state index contributed by atoms with van der Waals surface area (Å²) < 4.78 is 11.6. The van der Waals surface area contributed by atoms with Gasteiger partial charge in [-0.1, -0.05) is 49.4 Å². The molecule has 1 heterocycles. The van der Waals surface area contributed by atoms with E-state index in [9.17, 15) is 0 Å². The lowest BCUT2D eigenvalue weighted by atomic mass is 9.92. The van der Waals surface area contributed by atoms with Gasteiger partial charge in [0.2, 0.25) is 0 Å². The normalized spacial score (nSPS) is 18.5. The first kappa shape index (κ1) is 17.0. The van der Waals surface area contributed by atoms with E-state index in [4.69, 9.17) is 9.47 Å². The standard InChI is InChI=1S/C21H27NO2/c1-2-12-22-21(19-11-13-23-16-19)18-9-6-10-20(14-18)24-15-17-7-4-3-5-8-17/h3-10,14,19,21-22H,2,11-13,15-16H2,1H3. The predicted octanol–water partition coefficient (Wildman–Crippen LogP) is 4.34. The lowest BCUT2D eigenvalue weighted by molar-refractivity contribution is 0.176. The first-order valence-electron chi connectivity index (χ1n) is 8.94. The molecule has 0 saturated carbocycles. The van der Waals surface area contributed by atoms with Gasteiger partial charge in [-0.25, -0.2) is 0 Å². The van der Waals surface area contributed by atoms with Crippen LogP contribution < -0.4 is 10.1 Å². The summed E-state index contributed by atoms with van der Waals surface area (Å²) in [6.07, 6.45) is 2.25. The highest BCUT2D eigenvalue weighted by Crippen LogP contribution is 2.30. The summed E-state index contributed by atoms with van der Waals surface area (Å²) in [5, 5.41) is 3.69. The van der Waals surface area contributed by atoms with Crippen LogP contribution in [0, 0.1) is 5.92 Å². The largest absolute Gasteiger partial charge is 0.489 e. The Hall–Kier alpha value is -1.84. The Morgan fingerprint density at radius 1 is 1.17 bits per heavy atom. The Morgan fingerprint density at radius 3 is 2.79 bits per heavy atom. The Morgan fingerprint density at radius 2 is 2.04 bits per heavy atom. The molecule has 0 bridgehead atoms. The zero-order valence-electron chi connectivity index (χ0n) is 14.4. The first-order valence-corrected chi connectivity index (χ1v) is 8.94. The van der Waals surface area contributed by atoms with Gasteiger partial charge in [0.15, 0.2) is 0 Å². The molecule has 1 N–H and O–H groups in total. The van der Waals surface area contributed by atoms with E-state index in [1.54, 1.807) is 0 Å². The molecular weight excluding hydrogens is 298 g/mol. The number of nitrogens with one attached hydrogen (secondary N) is 1. The summed E-state index contributed by atoms with van der Waals surface area (Å²) in [6.45, 7) is 5.55. The van der Waals surface area contributed by atoms with Crippen LogP contribution in [0.3, 0.4) is 0 Å². The maximum Gasteiger partial charge on any atom is 0.120 e. The molecular formula is C21H27NO2. The Kier molecular flexibility index (Phi) is 6.27. The molecule has 1 aliphatic heterocycles. The third-order valence-corrected chi connectivity index (χ3v) is 4.52. The molecule has 1 fully saturated rings. The third-order valence-electron chi connectivity index (χ3n) is 4.52. The van der Waals surface area contributed by atoms with Crippen molar-refractivity contribution in [1.82, 2.24) is 5.32 Å². The van der Waals surface area contributed by atoms with E-state index < -0.39 is 0 Å². The summed E-state index contributed by atoms with van der Waals surface area (Å²) >= 11 is 0. The van der Waals surface area contributed by atoms with E-state index in [1.807, 2.05) is 24.3 Å². The first-order chi connectivity index (χ1) is 11.9. The van der Waals surface area contributed by atoms with Crippen molar-refractivity contribution < 1.29 is 9.47 Å². The van der Waals surface area contributed by atoms with Gasteiger partial charge in [0.25, 0.3) is 0 Å². The van der Waals surface area contributed by atoms with Gasteiger partial charge in [-0.2, -0.15) is 0 Å². The predicted molar refractivity (Wildman–Crippen MR) is 97.2 cm³/mol. The quantitative estimate of drug-likeness (QED) is 0.783. The highest BCUT2D eigenvalue weighted by molar-refractivity contribution is 5.31. The van der Waals surface area contributed by atoms with Gasteiger partial charge >= 0.3 is 0 Å². The van der Waals surface area contributed by atoms with Crippen LogP contribution in [0.2, 0.25) is 0 Å². The van der Waals surface area contributed by atoms with Gasteiger partial charge in [-0.15, -0.1) is 0 Å². The fourth-order valence-electron chi connectivity index (χ4n) is 3.21. The smallest absolute Gasteiger partial charge is 0.120 e. The number of ether oxygens (including phenoxy) is 2. The number of hydrogen-bond acceptors (Lipinski definition) is 3. The molecule has 0 amide bonds. The van der Waals surface area contributed by atoms with Crippen LogP contribution in [-0.4, -0.2) is 19.8 Å². The van der Waals surface area contributed by atoms with Crippen molar-refractivity contribution in [2.24, 2.45) is 5.92 Å². The van der Waals surface area contributed by atoms with Crippen LogP contribution >= 0.6 is 0 Å². The molecule has 1 saturated heterocycles. The maximum absolute atomic E-state index is 5.99. The average molecular weight is 325 g/mol. The second-order valence-corrected chi connectivity index (χ2v) is 6.40. The molecule has 1 aliphatic rings. The SMILES string of the molecule is CCCNC(c1cccc(OCc2ccccc2)c1)C1CCOC1.